The van der Waals surface area contributed by atoms with Crippen LogP contribution in [0, 0.1) is 0 Å². The van der Waals surface area contributed by atoms with E-state index in [-0.39, 0.29) is 0 Å². The Hall–Kier alpha value is -1.10. The summed E-state index contributed by atoms with van der Waals surface area (Å²) in [4.78, 5) is 24.6. The average molecular weight is 133 g/mol. The fourth-order valence-corrected chi connectivity index (χ4v) is 0.227. The van der Waals surface area contributed by atoms with Crippen LogP contribution in [0.1, 0.15) is 0 Å². The fourth-order valence-electron chi connectivity index (χ4n) is 0.227. The number of hydrogen-bond acceptors (Lipinski definition) is 4. The summed E-state index contributed by atoms with van der Waals surface area (Å²) < 4.78 is 4.03. The highest BCUT2D eigenvalue weighted by molar-refractivity contribution is 6.32. The first-order chi connectivity index (χ1) is 4.22. The summed E-state index contributed by atoms with van der Waals surface area (Å²) in [5.74, 6) is -1.89. The van der Waals surface area contributed by atoms with E-state index in [0.717, 1.165) is 7.11 Å². The molecule has 0 aromatic heterocycles. The Morgan fingerprint density at radius 1 is 1.33 bits per heavy atom. The number of rotatable bonds is 1. The van der Waals surface area contributed by atoms with Crippen molar-refractivity contribution in [3.63, 3.8) is 0 Å². The molecule has 0 saturated carbocycles. The molecule has 0 atom stereocenters. The van der Waals surface area contributed by atoms with E-state index in [9.17, 15) is 9.59 Å². The van der Waals surface area contributed by atoms with E-state index >= 15 is 0 Å². The normalized spacial score (nSPS) is 8.22. The topological polar surface area (TPSA) is 64.6 Å². The van der Waals surface area contributed by atoms with Crippen molar-refractivity contribution >= 4 is 11.9 Å². The minimum Gasteiger partial charge on any atom is -0.462 e. The van der Waals surface area contributed by atoms with E-state index < -0.39 is 11.9 Å². The molecule has 0 aromatic carbocycles. The van der Waals surface area contributed by atoms with E-state index in [0.29, 0.717) is 0 Å². The van der Waals surface area contributed by atoms with Gasteiger partial charge in [-0.05, 0) is 0 Å². The van der Waals surface area contributed by atoms with Gasteiger partial charge in [0.05, 0.1) is 14.2 Å². The van der Waals surface area contributed by atoms with Gasteiger partial charge in [-0.1, -0.05) is 0 Å². The number of carbonyl (C=O) groups is 2. The summed E-state index contributed by atoms with van der Waals surface area (Å²) in [6.45, 7) is 0. The van der Waals surface area contributed by atoms with Gasteiger partial charge in [0.2, 0.25) is 0 Å². The molecule has 52 valence electrons. The van der Waals surface area contributed by atoms with Crippen LogP contribution >= 0.6 is 0 Å². The highest BCUT2D eigenvalue weighted by Crippen LogP contribution is 1.71. The van der Waals surface area contributed by atoms with Gasteiger partial charge in [0, 0.05) is 0 Å². The molecular weight excluding hydrogens is 126 g/mol. The second kappa shape index (κ2) is 3.85. The van der Waals surface area contributed by atoms with Crippen molar-refractivity contribution in [2.75, 3.05) is 14.2 Å². The van der Waals surface area contributed by atoms with Gasteiger partial charge < -0.3 is 4.74 Å². The van der Waals surface area contributed by atoms with Crippen molar-refractivity contribution < 1.29 is 19.2 Å². The fraction of sp³-hybridized carbons (Fsp3) is 0.500. The molecule has 0 fully saturated rings. The average Bonchev–Trinajstić information content (AvgIpc) is 1.87. The van der Waals surface area contributed by atoms with Gasteiger partial charge in [0.15, 0.2) is 0 Å². The van der Waals surface area contributed by atoms with Crippen LogP contribution < -0.4 is 5.48 Å². The maximum atomic E-state index is 10.3. The molecule has 5 heteroatoms. The number of esters is 1. The van der Waals surface area contributed by atoms with Gasteiger partial charge in [-0.15, -0.1) is 0 Å². The standard InChI is InChI=1S/C4H7NO4/c1-8-4(7)3(6)5-9-2/h1-2H3,(H,5,6). The largest absolute Gasteiger partial charge is 0.462 e. The van der Waals surface area contributed by atoms with Crippen molar-refractivity contribution in [1.82, 2.24) is 5.48 Å². The number of methoxy groups -OCH3 is 1. The summed E-state index contributed by atoms with van der Waals surface area (Å²) in [7, 11) is 2.33. The van der Waals surface area contributed by atoms with E-state index in [4.69, 9.17) is 0 Å². The number of hydroxylamine groups is 1. The van der Waals surface area contributed by atoms with Gasteiger partial charge in [-0.2, -0.15) is 0 Å². The van der Waals surface area contributed by atoms with Gasteiger partial charge in [0.25, 0.3) is 0 Å². The van der Waals surface area contributed by atoms with Crippen LogP contribution in [0.2, 0.25) is 0 Å². The van der Waals surface area contributed by atoms with E-state index in [1.165, 1.54) is 7.11 Å². The zero-order valence-corrected chi connectivity index (χ0v) is 5.13. The van der Waals surface area contributed by atoms with Crippen molar-refractivity contribution in [2.45, 2.75) is 0 Å². The summed E-state index contributed by atoms with van der Waals surface area (Å²) in [5, 5.41) is 0. The van der Waals surface area contributed by atoms with Crippen molar-refractivity contribution in [3.05, 3.63) is 0 Å². The first-order valence-corrected chi connectivity index (χ1v) is 2.13. The monoisotopic (exact) mass is 133 g/mol. The Balaban J connectivity index is 3.60. The summed E-state index contributed by atoms with van der Waals surface area (Å²) in [6, 6.07) is 0. The van der Waals surface area contributed by atoms with Crippen LogP contribution in [0.5, 0.6) is 0 Å². The zero-order chi connectivity index (χ0) is 7.28. The van der Waals surface area contributed by atoms with Crippen LogP contribution in [0.4, 0.5) is 0 Å². The number of hydrogen-bond donors (Lipinski definition) is 1. The third-order valence-electron chi connectivity index (χ3n) is 0.566. The quantitative estimate of drug-likeness (QED) is 0.278. The predicted octanol–water partition coefficient (Wildman–Crippen LogP) is -1.16. The molecule has 0 spiro atoms. The minimum atomic E-state index is -0.975. The molecule has 0 bridgehead atoms. The molecular formula is C4H7NO4. The Kier molecular flexibility index (Phi) is 3.38. The molecule has 5 nitrogen and oxygen atoms in total. The van der Waals surface area contributed by atoms with E-state index in [1.807, 2.05) is 0 Å². The molecule has 1 N–H and O–H groups in total. The van der Waals surface area contributed by atoms with Crippen LogP contribution in [0.25, 0.3) is 0 Å². The third kappa shape index (κ3) is 2.65. The van der Waals surface area contributed by atoms with Crippen LogP contribution in [0.3, 0.4) is 0 Å². The van der Waals surface area contributed by atoms with Gasteiger partial charge in [-0.25, -0.2) is 10.3 Å². The van der Waals surface area contributed by atoms with Gasteiger partial charge in [0.1, 0.15) is 0 Å². The summed E-state index contributed by atoms with van der Waals surface area (Å²) >= 11 is 0. The predicted molar refractivity (Wildman–Crippen MR) is 27.2 cm³/mol. The summed E-state index contributed by atoms with van der Waals surface area (Å²) in [5.41, 5.74) is 1.78. The highest BCUT2D eigenvalue weighted by Gasteiger charge is 2.11. The SMILES string of the molecule is CONC(=O)C(=O)OC. The Bertz CT molecular complexity index is 122. The number of carbonyl (C=O) groups excluding carboxylic acids is 2. The lowest BCUT2D eigenvalue weighted by molar-refractivity contribution is -0.157. The first-order valence-electron chi connectivity index (χ1n) is 2.13. The number of nitrogens with one attached hydrogen (secondary N) is 1. The maximum absolute atomic E-state index is 10.3. The first kappa shape index (κ1) is 7.90. The zero-order valence-electron chi connectivity index (χ0n) is 5.13. The molecule has 0 aliphatic rings. The second-order valence-electron chi connectivity index (χ2n) is 1.13. The molecule has 0 aliphatic heterocycles. The Labute approximate surface area is 51.9 Å². The molecule has 9 heavy (non-hydrogen) atoms. The van der Waals surface area contributed by atoms with Crippen molar-refractivity contribution in [1.29, 1.82) is 0 Å². The van der Waals surface area contributed by atoms with Crippen LogP contribution in [-0.2, 0) is 19.2 Å². The smallest absolute Gasteiger partial charge is 0.398 e. The lowest BCUT2D eigenvalue weighted by Crippen LogP contribution is -2.30. The van der Waals surface area contributed by atoms with Crippen molar-refractivity contribution in [3.8, 4) is 0 Å². The lowest BCUT2D eigenvalue weighted by atomic mass is 10.6. The Morgan fingerprint density at radius 2 is 1.89 bits per heavy atom. The lowest BCUT2D eigenvalue weighted by Gasteiger charge is -1.96. The molecule has 0 aliphatic carbocycles. The maximum Gasteiger partial charge on any atom is 0.398 e. The molecule has 0 radical (unpaired) electrons. The summed E-state index contributed by atoms with van der Waals surface area (Å²) in [6.07, 6.45) is 0. The van der Waals surface area contributed by atoms with E-state index in [2.05, 4.69) is 9.57 Å². The molecule has 0 rings (SSSR count). The number of amides is 1. The molecule has 0 aromatic rings. The molecule has 0 heterocycles. The molecule has 0 saturated heterocycles. The van der Waals surface area contributed by atoms with Gasteiger partial charge in [-0.3, -0.25) is 9.63 Å². The molecule has 1 amide bonds. The third-order valence-corrected chi connectivity index (χ3v) is 0.566. The van der Waals surface area contributed by atoms with Crippen LogP contribution in [-0.4, -0.2) is 26.1 Å². The van der Waals surface area contributed by atoms with E-state index in [1.54, 1.807) is 5.48 Å². The van der Waals surface area contributed by atoms with Gasteiger partial charge >= 0.3 is 11.9 Å². The minimum absolute atomic E-state index is 0.917. The highest BCUT2D eigenvalue weighted by atomic mass is 16.6. The second-order valence-corrected chi connectivity index (χ2v) is 1.13. The number of ether oxygens (including phenoxy) is 1. The van der Waals surface area contributed by atoms with Crippen molar-refractivity contribution in [2.24, 2.45) is 0 Å². The Morgan fingerprint density at radius 3 is 2.22 bits per heavy atom. The van der Waals surface area contributed by atoms with Crippen LogP contribution in [0.15, 0.2) is 0 Å². The molecule has 0 unspecified atom stereocenters.